The van der Waals surface area contributed by atoms with Gasteiger partial charge in [0.1, 0.15) is 0 Å². The predicted octanol–water partition coefficient (Wildman–Crippen LogP) is -2.60. The monoisotopic (exact) mass is 234 g/mol. The Hall–Kier alpha value is -2.03. The fraction of sp³-hybridized carbons (Fsp3) is 0.571. The molecule has 0 fully saturated rings. The van der Waals surface area contributed by atoms with E-state index < -0.39 is 30.7 Å². The average molecular weight is 234 g/mol. The van der Waals surface area contributed by atoms with E-state index in [4.69, 9.17) is 15.9 Å². The molecule has 0 unspecified atom stereocenters. The lowest BCUT2D eigenvalue weighted by Crippen LogP contribution is -2.49. The van der Waals surface area contributed by atoms with Gasteiger partial charge >= 0.3 is 18.0 Å². The van der Waals surface area contributed by atoms with Gasteiger partial charge in [-0.2, -0.15) is 0 Å². The van der Waals surface area contributed by atoms with Gasteiger partial charge in [-0.05, 0) is 0 Å². The van der Waals surface area contributed by atoms with Gasteiger partial charge in [0.25, 0.3) is 0 Å². The Morgan fingerprint density at radius 1 is 1.19 bits per heavy atom. The Morgan fingerprint density at radius 2 is 1.75 bits per heavy atom. The Morgan fingerprint density at radius 3 is 2.19 bits per heavy atom. The number of nitrogens with two attached hydrogens (primary N) is 1. The first-order valence-corrected chi connectivity index (χ1v) is 4.38. The van der Waals surface area contributed by atoms with Crippen molar-refractivity contribution in [2.24, 2.45) is 5.73 Å². The Bertz CT molecular complexity index is 270. The van der Waals surface area contributed by atoms with Gasteiger partial charge in [0.2, 0.25) is 0 Å². The fourth-order valence-corrected chi connectivity index (χ4v) is 0.756. The van der Waals surface area contributed by atoms with Crippen LogP contribution in [0, 0.1) is 0 Å². The first-order valence-electron chi connectivity index (χ1n) is 4.38. The highest BCUT2D eigenvalue weighted by Gasteiger charge is 2.17. The van der Waals surface area contributed by atoms with E-state index in [-0.39, 0.29) is 13.1 Å². The van der Waals surface area contributed by atoms with E-state index in [1.54, 1.807) is 0 Å². The zero-order valence-electron chi connectivity index (χ0n) is 8.40. The lowest BCUT2D eigenvalue weighted by molar-refractivity contribution is -0.140. The summed E-state index contributed by atoms with van der Waals surface area (Å²) in [5, 5.41) is 23.6. The average Bonchev–Trinajstić information content (AvgIpc) is 2.20. The van der Waals surface area contributed by atoms with Gasteiger partial charge in [-0.1, -0.05) is 0 Å². The Kier molecular flexibility index (Phi) is 6.36. The third kappa shape index (κ3) is 6.43. The van der Waals surface area contributed by atoms with Crippen LogP contribution in [-0.4, -0.2) is 54.0 Å². The number of hydrogen-bond donors (Lipinski definition) is 6. The van der Waals surface area contributed by atoms with Crippen molar-refractivity contribution in [1.29, 1.82) is 0 Å². The van der Waals surface area contributed by atoms with Gasteiger partial charge in [0.15, 0.2) is 6.04 Å². The van der Waals surface area contributed by atoms with E-state index >= 15 is 0 Å². The summed E-state index contributed by atoms with van der Waals surface area (Å²) in [6.45, 7) is -0.492. The quantitative estimate of drug-likeness (QED) is 0.278. The number of carboxylic acids is 1. The van der Waals surface area contributed by atoms with Crippen molar-refractivity contribution in [3.63, 3.8) is 0 Å². The summed E-state index contributed by atoms with van der Waals surface area (Å²) in [5.74, 6) is -1.34. The third-order valence-electron chi connectivity index (χ3n) is 1.50. The number of aliphatic carboxylic acids is 1. The summed E-state index contributed by atoms with van der Waals surface area (Å²) < 4.78 is 0. The highest BCUT2D eigenvalue weighted by Crippen LogP contribution is 1.81. The van der Waals surface area contributed by atoms with E-state index in [1.165, 1.54) is 0 Å². The summed E-state index contributed by atoms with van der Waals surface area (Å²) in [6.07, 6.45) is 0. The number of rotatable bonds is 6. The number of hydrogen-bond acceptors (Lipinski definition) is 4. The normalized spacial score (nSPS) is 11.3. The molecule has 9 nitrogen and oxygen atoms in total. The predicted molar refractivity (Wildman–Crippen MR) is 52.6 cm³/mol. The minimum absolute atomic E-state index is 0.0898. The molecule has 4 amide bonds. The maximum atomic E-state index is 11.0. The molecule has 0 aromatic heterocycles. The van der Waals surface area contributed by atoms with Crippen molar-refractivity contribution in [3.05, 3.63) is 0 Å². The van der Waals surface area contributed by atoms with Gasteiger partial charge < -0.3 is 31.9 Å². The molecule has 0 heterocycles. The van der Waals surface area contributed by atoms with E-state index in [9.17, 15) is 14.4 Å². The van der Waals surface area contributed by atoms with E-state index in [0.29, 0.717) is 0 Å². The third-order valence-corrected chi connectivity index (χ3v) is 1.50. The zero-order valence-corrected chi connectivity index (χ0v) is 8.40. The summed E-state index contributed by atoms with van der Waals surface area (Å²) >= 11 is 0. The van der Waals surface area contributed by atoms with E-state index in [1.807, 2.05) is 5.32 Å². The molecule has 9 heteroatoms. The SMILES string of the molecule is NC(=O)NCCNC(=O)N[C@@H](CO)C(=O)O. The number of carbonyl (C=O) groups is 3. The highest BCUT2D eigenvalue weighted by atomic mass is 16.4. The number of aliphatic hydroxyl groups excluding tert-OH is 1. The van der Waals surface area contributed by atoms with Crippen LogP contribution in [0.2, 0.25) is 0 Å². The molecule has 0 spiro atoms. The van der Waals surface area contributed by atoms with Crippen molar-refractivity contribution >= 4 is 18.0 Å². The van der Waals surface area contributed by atoms with Crippen molar-refractivity contribution in [2.45, 2.75) is 6.04 Å². The van der Waals surface area contributed by atoms with Crippen LogP contribution >= 0.6 is 0 Å². The molecule has 0 bridgehead atoms. The Labute approximate surface area is 91.0 Å². The van der Waals surface area contributed by atoms with Gasteiger partial charge in [0.05, 0.1) is 6.61 Å². The summed E-state index contributed by atoms with van der Waals surface area (Å²) in [6, 6.07) is -2.84. The molecular weight excluding hydrogens is 220 g/mol. The van der Waals surface area contributed by atoms with Crippen molar-refractivity contribution in [1.82, 2.24) is 16.0 Å². The van der Waals surface area contributed by atoms with Gasteiger partial charge in [-0.3, -0.25) is 0 Å². The molecule has 0 radical (unpaired) electrons. The largest absolute Gasteiger partial charge is 0.480 e. The maximum absolute atomic E-state index is 11.0. The van der Waals surface area contributed by atoms with E-state index in [2.05, 4.69) is 10.6 Å². The second-order valence-corrected chi connectivity index (χ2v) is 2.76. The number of primary amides is 1. The first-order chi connectivity index (χ1) is 7.47. The number of carbonyl (C=O) groups excluding carboxylic acids is 2. The number of nitrogens with one attached hydrogen (secondary N) is 3. The summed E-state index contributed by atoms with van der Waals surface area (Å²) in [4.78, 5) is 31.7. The van der Waals surface area contributed by atoms with Crippen LogP contribution in [0.15, 0.2) is 0 Å². The topological polar surface area (TPSA) is 154 Å². The van der Waals surface area contributed by atoms with Crippen LogP contribution in [0.25, 0.3) is 0 Å². The molecule has 0 aromatic rings. The number of carboxylic acid groups (broad SMARTS) is 1. The van der Waals surface area contributed by atoms with Crippen molar-refractivity contribution in [2.75, 3.05) is 19.7 Å². The van der Waals surface area contributed by atoms with E-state index in [0.717, 1.165) is 0 Å². The summed E-state index contributed by atoms with van der Waals surface area (Å²) in [5.41, 5.74) is 4.76. The molecule has 92 valence electrons. The van der Waals surface area contributed by atoms with Crippen molar-refractivity contribution < 1.29 is 24.6 Å². The van der Waals surface area contributed by atoms with Crippen LogP contribution in [0.4, 0.5) is 9.59 Å². The fourth-order valence-electron chi connectivity index (χ4n) is 0.756. The smallest absolute Gasteiger partial charge is 0.328 e. The molecule has 0 aliphatic rings. The molecular formula is C7H14N4O5. The lowest BCUT2D eigenvalue weighted by atomic mass is 10.3. The molecule has 0 saturated heterocycles. The second kappa shape index (κ2) is 7.29. The number of amides is 4. The maximum Gasteiger partial charge on any atom is 0.328 e. The molecule has 7 N–H and O–H groups in total. The van der Waals surface area contributed by atoms with Gasteiger partial charge in [-0.25, -0.2) is 14.4 Å². The molecule has 1 atom stereocenters. The second-order valence-electron chi connectivity index (χ2n) is 2.76. The van der Waals surface area contributed by atoms with Crippen LogP contribution in [0.1, 0.15) is 0 Å². The number of urea groups is 2. The van der Waals surface area contributed by atoms with Crippen LogP contribution in [-0.2, 0) is 4.79 Å². The molecule has 0 aromatic carbocycles. The lowest BCUT2D eigenvalue weighted by Gasteiger charge is -2.12. The zero-order chi connectivity index (χ0) is 12.6. The molecule has 0 aliphatic carbocycles. The first kappa shape index (κ1) is 14.0. The molecule has 0 saturated carbocycles. The Balaban J connectivity index is 3.73. The van der Waals surface area contributed by atoms with Crippen molar-refractivity contribution in [3.8, 4) is 0 Å². The van der Waals surface area contributed by atoms with Crippen LogP contribution in [0.5, 0.6) is 0 Å². The molecule has 0 rings (SSSR count). The van der Waals surface area contributed by atoms with Gasteiger partial charge in [0, 0.05) is 13.1 Å². The molecule has 0 aliphatic heterocycles. The standard InChI is InChI=1S/C7H14N4O5/c8-6(15)9-1-2-10-7(16)11-4(3-12)5(13)14/h4,12H,1-3H2,(H,13,14)(H3,8,9,15)(H2,10,11,16)/t4-/m0/s1. The van der Waals surface area contributed by atoms with Crippen LogP contribution in [0.3, 0.4) is 0 Å². The molecule has 16 heavy (non-hydrogen) atoms. The minimum atomic E-state index is -1.36. The van der Waals surface area contributed by atoms with Gasteiger partial charge in [-0.15, -0.1) is 0 Å². The minimum Gasteiger partial charge on any atom is -0.480 e. The summed E-state index contributed by atoms with van der Waals surface area (Å²) in [7, 11) is 0. The number of aliphatic hydroxyl groups is 1. The van der Waals surface area contributed by atoms with Crippen LogP contribution < -0.4 is 21.7 Å². The highest BCUT2D eigenvalue weighted by molar-refractivity contribution is 5.82.